The first-order chi connectivity index (χ1) is 9.87. The molecule has 1 saturated carbocycles. The lowest BCUT2D eigenvalue weighted by Crippen LogP contribution is -2.16. The second kappa shape index (κ2) is 4.62. The molecule has 0 radical (unpaired) electrons. The molecule has 5 nitrogen and oxygen atoms in total. The highest BCUT2D eigenvalue weighted by molar-refractivity contribution is 5.97. The Hall–Kier alpha value is -2.30. The van der Waals surface area contributed by atoms with Crippen molar-refractivity contribution in [1.82, 2.24) is 4.57 Å². The van der Waals surface area contributed by atoms with Crippen molar-refractivity contribution < 1.29 is 14.7 Å². The van der Waals surface area contributed by atoms with E-state index in [-0.39, 0.29) is 23.8 Å². The third-order valence-electron chi connectivity index (χ3n) is 4.17. The van der Waals surface area contributed by atoms with Crippen LogP contribution in [0.3, 0.4) is 0 Å². The predicted octanol–water partition coefficient (Wildman–Crippen LogP) is 2.71. The predicted molar refractivity (Wildman–Crippen MR) is 80.1 cm³/mol. The highest BCUT2D eigenvalue weighted by Gasteiger charge is 2.50. The van der Waals surface area contributed by atoms with Crippen LogP contribution in [-0.4, -0.2) is 21.6 Å². The summed E-state index contributed by atoms with van der Waals surface area (Å²) in [6.07, 6.45) is 2.67. The van der Waals surface area contributed by atoms with E-state index in [0.717, 1.165) is 23.0 Å². The van der Waals surface area contributed by atoms with Crippen LogP contribution in [-0.2, 0) is 16.1 Å². The molecule has 2 N–H and O–H groups in total. The molecular formula is C16H18N2O3. The van der Waals surface area contributed by atoms with Crippen LogP contribution >= 0.6 is 0 Å². The molecule has 1 heterocycles. The molecule has 1 aliphatic carbocycles. The van der Waals surface area contributed by atoms with Crippen molar-refractivity contribution in [2.75, 3.05) is 5.32 Å². The van der Waals surface area contributed by atoms with E-state index >= 15 is 0 Å². The maximum Gasteiger partial charge on any atom is 0.323 e. The average molecular weight is 286 g/mol. The van der Waals surface area contributed by atoms with Gasteiger partial charge in [-0.2, -0.15) is 0 Å². The summed E-state index contributed by atoms with van der Waals surface area (Å²) >= 11 is 0. The fourth-order valence-electron chi connectivity index (χ4n) is 2.71. The molecule has 1 atom stereocenters. The molecule has 2 aromatic rings. The van der Waals surface area contributed by atoms with Crippen LogP contribution in [0.25, 0.3) is 10.9 Å². The third-order valence-corrected chi connectivity index (χ3v) is 4.17. The number of fused-ring (bicyclic) bond motifs is 1. The summed E-state index contributed by atoms with van der Waals surface area (Å²) in [5, 5.41) is 12.7. The standard InChI is InChI=1S/C16H18N2O3/c1-16(2)8-12(16)15(21)17-11-3-4-13-10(7-11)5-6-18(13)9-14(19)20/h3-7,12H,8-9H2,1-2H3,(H,17,21)(H,19,20). The number of nitrogens with zero attached hydrogens (tertiary/aromatic N) is 1. The largest absolute Gasteiger partial charge is 0.480 e. The van der Waals surface area contributed by atoms with E-state index in [1.807, 2.05) is 24.3 Å². The topological polar surface area (TPSA) is 71.3 Å². The van der Waals surface area contributed by atoms with E-state index in [1.165, 1.54) is 0 Å². The minimum Gasteiger partial charge on any atom is -0.480 e. The zero-order chi connectivity index (χ0) is 15.2. The number of carbonyl (C=O) groups excluding carboxylic acids is 1. The van der Waals surface area contributed by atoms with Gasteiger partial charge in [-0.3, -0.25) is 9.59 Å². The van der Waals surface area contributed by atoms with Crippen molar-refractivity contribution in [3.8, 4) is 0 Å². The Bertz CT molecular complexity index is 730. The lowest BCUT2D eigenvalue weighted by Gasteiger charge is -2.07. The first-order valence-corrected chi connectivity index (χ1v) is 6.98. The molecule has 21 heavy (non-hydrogen) atoms. The van der Waals surface area contributed by atoms with Crippen LogP contribution in [0, 0.1) is 11.3 Å². The molecule has 0 spiro atoms. The van der Waals surface area contributed by atoms with Crippen LogP contribution in [0.5, 0.6) is 0 Å². The van der Waals surface area contributed by atoms with Crippen molar-refractivity contribution in [3.63, 3.8) is 0 Å². The molecule has 5 heteroatoms. The van der Waals surface area contributed by atoms with Crippen molar-refractivity contribution in [2.45, 2.75) is 26.8 Å². The maximum atomic E-state index is 12.1. The normalized spacial score (nSPS) is 19.4. The quantitative estimate of drug-likeness (QED) is 0.907. The molecular weight excluding hydrogens is 268 g/mol. The Kier molecular flexibility index (Phi) is 3.01. The van der Waals surface area contributed by atoms with Gasteiger partial charge in [0.15, 0.2) is 0 Å². The van der Waals surface area contributed by atoms with Crippen LogP contribution in [0.4, 0.5) is 5.69 Å². The van der Waals surface area contributed by atoms with Crippen LogP contribution in [0.15, 0.2) is 30.5 Å². The van der Waals surface area contributed by atoms with Crippen LogP contribution in [0.2, 0.25) is 0 Å². The Balaban J connectivity index is 1.79. The highest BCUT2D eigenvalue weighted by Crippen LogP contribution is 2.52. The van der Waals surface area contributed by atoms with E-state index in [4.69, 9.17) is 5.11 Å². The molecule has 0 saturated heterocycles. The number of nitrogens with one attached hydrogen (secondary N) is 1. The van der Waals surface area contributed by atoms with Gasteiger partial charge in [-0.05, 0) is 36.1 Å². The highest BCUT2D eigenvalue weighted by atomic mass is 16.4. The number of anilines is 1. The molecule has 3 rings (SSSR count). The van der Waals surface area contributed by atoms with E-state index in [0.29, 0.717) is 0 Å². The zero-order valence-electron chi connectivity index (χ0n) is 12.1. The second-order valence-electron chi connectivity index (χ2n) is 6.35. The molecule has 0 aliphatic heterocycles. The summed E-state index contributed by atoms with van der Waals surface area (Å²) in [4.78, 5) is 22.9. The summed E-state index contributed by atoms with van der Waals surface area (Å²) in [5.41, 5.74) is 1.71. The number of carboxylic acid groups (broad SMARTS) is 1. The van der Waals surface area contributed by atoms with Gasteiger partial charge < -0.3 is 15.0 Å². The zero-order valence-corrected chi connectivity index (χ0v) is 12.1. The Morgan fingerprint density at radius 1 is 1.38 bits per heavy atom. The molecule has 1 aliphatic rings. The molecule has 1 aromatic carbocycles. The number of aliphatic carboxylic acids is 1. The van der Waals surface area contributed by atoms with Gasteiger partial charge in [-0.1, -0.05) is 13.8 Å². The number of rotatable bonds is 4. The molecule has 1 amide bonds. The van der Waals surface area contributed by atoms with Gasteiger partial charge >= 0.3 is 5.97 Å². The fraction of sp³-hybridized carbons (Fsp3) is 0.375. The SMILES string of the molecule is CC1(C)CC1C(=O)Nc1ccc2c(ccn2CC(=O)O)c1. The van der Waals surface area contributed by atoms with E-state index in [2.05, 4.69) is 19.2 Å². The van der Waals surface area contributed by atoms with Gasteiger partial charge in [0.05, 0.1) is 0 Å². The fourth-order valence-corrected chi connectivity index (χ4v) is 2.71. The van der Waals surface area contributed by atoms with Gasteiger partial charge in [0.2, 0.25) is 5.91 Å². The number of carbonyl (C=O) groups is 2. The van der Waals surface area contributed by atoms with Gasteiger partial charge in [0.1, 0.15) is 6.54 Å². The lowest BCUT2D eigenvalue weighted by atomic mass is 10.1. The van der Waals surface area contributed by atoms with Crippen molar-refractivity contribution in [3.05, 3.63) is 30.5 Å². The van der Waals surface area contributed by atoms with E-state index in [1.54, 1.807) is 10.8 Å². The molecule has 110 valence electrons. The second-order valence-corrected chi connectivity index (χ2v) is 6.35. The number of aromatic nitrogens is 1. The van der Waals surface area contributed by atoms with E-state index < -0.39 is 5.97 Å². The van der Waals surface area contributed by atoms with Gasteiger partial charge in [-0.15, -0.1) is 0 Å². The Morgan fingerprint density at radius 3 is 2.71 bits per heavy atom. The number of hydrogen-bond donors (Lipinski definition) is 2. The van der Waals surface area contributed by atoms with E-state index in [9.17, 15) is 9.59 Å². The lowest BCUT2D eigenvalue weighted by molar-refractivity contribution is -0.137. The first kappa shape index (κ1) is 13.7. The van der Waals surface area contributed by atoms with Gasteiger partial charge in [0.25, 0.3) is 0 Å². The molecule has 0 bridgehead atoms. The first-order valence-electron chi connectivity index (χ1n) is 6.98. The smallest absolute Gasteiger partial charge is 0.323 e. The monoisotopic (exact) mass is 286 g/mol. The number of benzene rings is 1. The number of hydrogen-bond acceptors (Lipinski definition) is 2. The average Bonchev–Trinajstić information content (AvgIpc) is 2.87. The maximum absolute atomic E-state index is 12.1. The summed E-state index contributed by atoms with van der Waals surface area (Å²) < 4.78 is 1.67. The summed E-state index contributed by atoms with van der Waals surface area (Å²) in [6.45, 7) is 4.12. The number of amides is 1. The third kappa shape index (κ3) is 2.63. The van der Waals surface area contributed by atoms with Crippen molar-refractivity contribution >= 4 is 28.5 Å². The summed E-state index contributed by atoms with van der Waals surface area (Å²) in [5.74, 6) is -0.727. The molecule has 1 unspecified atom stereocenters. The van der Waals surface area contributed by atoms with Gasteiger partial charge in [-0.25, -0.2) is 0 Å². The molecule has 1 fully saturated rings. The van der Waals surface area contributed by atoms with Crippen molar-refractivity contribution in [2.24, 2.45) is 11.3 Å². The minimum atomic E-state index is -0.874. The van der Waals surface area contributed by atoms with Crippen LogP contribution < -0.4 is 5.32 Å². The van der Waals surface area contributed by atoms with Crippen LogP contribution in [0.1, 0.15) is 20.3 Å². The number of carboxylic acids is 1. The van der Waals surface area contributed by atoms with Crippen molar-refractivity contribution in [1.29, 1.82) is 0 Å². The Labute approximate surface area is 122 Å². The summed E-state index contributed by atoms with van der Waals surface area (Å²) in [7, 11) is 0. The molecule has 1 aromatic heterocycles. The minimum absolute atomic E-state index is 0.0596. The van der Waals surface area contributed by atoms with Gasteiger partial charge in [0, 0.05) is 28.7 Å². The Morgan fingerprint density at radius 2 is 2.10 bits per heavy atom. The summed E-state index contributed by atoms with van der Waals surface area (Å²) in [6, 6.07) is 7.38.